The normalized spacial score (nSPS) is 58.1. The van der Waals surface area contributed by atoms with Crippen LogP contribution in [0, 0.1) is 59.2 Å². The Morgan fingerprint density at radius 3 is 1.49 bits per heavy atom. The molecule has 8 rings (SSSR count). The summed E-state index contributed by atoms with van der Waals surface area (Å²) in [7, 11) is 0. The number of aliphatic hydroxyl groups is 4. The van der Waals surface area contributed by atoms with Crippen molar-refractivity contribution in [1.29, 1.82) is 0 Å². The zero-order valence-corrected chi connectivity index (χ0v) is 34.4. The van der Waals surface area contributed by atoms with Gasteiger partial charge in [-0.1, -0.05) is 43.6 Å². The Morgan fingerprint density at radius 2 is 1.06 bits per heavy atom. The van der Waals surface area contributed by atoms with Gasteiger partial charge in [0.1, 0.15) is 11.2 Å². The number of rotatable bonds is 7. The van der Waals surface area contributed by atoms with Crippen LogP contribution in [-0.4, -0.2) is 98.6 Å². The van der Waals surface area contributed by atoms with E-state index < -0.39 is 41.3 Å². The lowest BCUT2D eigenvalue weighted by atomic mass is 9.57. The number of halogens is 1. The van der Waals surface area contributed by atoms with Gasteiger partial charge >= 0.3 is 0 Å². The van der Waals surface area contributed by atoms with Crippen molar-refractivity contribution in [2.24, 2.45) is 59.2 Å². The van der Waals surface area contributed by atoms with Crippen molar-refractivity contribution >= 4 is 15.9 Å². The summed E-state index contributed by atoms with van der Waals surface area (Å²) in [5.41, 5.74) is -2.31. The highest BCUT2D eigenvalue weighted by Crippen LogP contribution is 2.59. The molecule has 8 fully saturated rings. The SMILES string of the molecule is C[C@H]1[C@@H](CC2COC3(CCCBr)OCC(C[C@H]4O[C@@H]5OC(C)(O)CC[C@H]6[C@H](C)CC[C@@H]([C@H]4C)[C@@]56O)C2O3)O[C@@H]2OC(C)(O)CC[C@H]3[C@H](C)CC[C@@H]1[C@@]23O. The summed E-state index contributed by atoms with van der Waals surface area (Å²) in [6, 6.07) is 0. The summed E-state index contributed by atoms with van der Waals surface area (Å²) in [5.74, 6) is -3.15. The fourth-order valence-corrected chi connectivity index (χ4v) is 13.1. The van der Waals surface area contributed by atoms with E-state index in [0.29, 0.717) is 70.0 Å². The number of ether oxygens (including phenoxy) is 7. The van der Waals surface area contributed by atoms with Gasteiger partial charge < -0.3 is 53.6 Å². The predicted molar refractivity (Wildman–Crippen MR) is 197 cm³/mol. The Labute approximate surface area is 324 Å². The Kier molecular flexibility index (Phi) is 10.8. The fraction of sp³-hybridized carbons (Fsp3) is 1.00. The van der Waals surface area contributed by atoms with Crippen LogP contribution in [0.5, 0.6) is 0 Å². The second-order valence-electron chi connectivity index (χ2n) is 19.4. The third-order valence-electron chi connectivity index (χ3n) is 15.9. The topological polar surface area (TPSA) is 146 Å². The van der Waals surface area contributed by atoms with Gasteiger partial charge in [-0.3, -0.25) is 0 Å². The molecule has 4 unspecified atom stereocenters. The molecule has 53 heavy (non-hydrogen) atoms. The van der Waals surface area contributed by atoms with Crippen molar-refractivity contribution in [2.75, 3.05) is 18.5 Å². The molecule has 0 radical (unpaired) electrons. The zero-order chi connectivity index (χ0) is 37.7. The summed E-state index contributed by atoms with van der Waals surface area (Å²) in [6.45, 7) is 13.1. The Balaban J connectivity index is 1.05. The quantitative estimate of drug-likeness (QED) is 0.231. The molecule has 6 heterocycles. The number of hydrogen-bond donors (Lipinski definition) is 4. The zero-order valence-electron chi connectivity index (χ0n) is 32.8. The first-order chi connectivity index (χ1) is 25.0. The summed E-state index contributed by atoms with van der Waals surface area (Å²) in [4.78, 5) is 0. The van der Waals surface area contributed by atoms with Crippen LogP contribution < -0.4 is 0 Å². The molecular weight excluding hydrogens is 748 g/mol. The van der Waals surface area contributed by atoms with Gasteiger partial charge in [0.05, 0.1) is 31.5 Å². The molecule has 0 spiro atoms. The molecule has 2 aliphatic carbocycles. The minimum atomic E-state index is -1.38. The molecule has 6 aliphatic heterocycles. The third-order valence-corrected chi connectivity index (χ3v) is 16.5. The Morgan fingerprint density at radius 1 is 0.604 bits per heavy atom. The maximum Gasteiger partial charge on any atom is 0.283 e. The molecular formula is C41H67BrO11. The monoisotopic (exact) mass is 814 g/mol. The standard InChI is InChI=1S/C41H67BrO11/c1-22-8-10-30-24(3)32(49-35-40(30,45)28(22)12-15-37(5,43)52-35)18-26-20-47-39(14-7-17-42)48-21-27(34(26)51-39)19-33-25(4)31-11-9-23(2)29-13-16-38(6,44)53-36(50-33)41(29,31)46/h22-36,43-46H,7-21H2,1-6H3/t22-,23-,24-,25-,26?,27?,28+,29+,30+,31+,32-,33-,34?,35-,36-,37?,38?,39?,40-,41-/m1/s1. The minimum Gasteiger partial charge on any atom is -0.384 e. The number of fused-ring (bicyclic) bond motifs is 2. The van der Waals surface area contributed by atoms with Crippen molar-refractivity contribution in [3.05, 3.63) is 0 Å². The van der Waals surface area contributed by atoms with Gasteiger partial charge in [0.25, 0.3) is 5.97 Å². The van der Waals surface area contributed by atoms with Crippen LogP contribution in [0.2, 0.25) is 0 Å². The van der Waals surface area contributed by atoms with Gasteiger partial charge in [-0.05, 0) is 119 Å². The molecule has 0 aromatic heterocycles. The Hall–Kier alpha value is 0.0400. The highest BCUT2D eigenvalue weighted by Gasteiger charge is 2.66. The first-order valence-electron chi connectivity index (χ1n) is 21.1. The molecule has 0 aromatic rings. The largest absolute Gasteiger partial charge is 0.384 e. The highest BCUT2D eigenvalue weighted by molar-refractivity contribution is 9.09. The minimum absolute atomic E-state index is 0.00108. The van der Waals surface area contributed by atoms with Crippen LogP contribution in [0.25, 0.3) is 0 Å². The van der Waals surface area contributed by atoms with Gasteiger partial charge in [-0.15, -0.1) is 0 Å². The molecule has 11 nitrogen and oxygen atoms in total. The van der Waals surface area contributed by atoms with E-state index in [1.807, 2.05) is 0 Å². The van der Waals surface area contributed by atoms with E-state index in [1.54, 1.807) is 13.8 Å². The van der Waals surface area contributed by atoms with Crippen LogP contribution >= 0.6 is 15.9 Å². The molecule has 0 aromatic carbocycles. The second-order valence-corrected chi connectivity index (χ2v) is 20.2. The van der Waals surface area contributed by atoms with E-state index in [2.05, 4.69) is 43.6 Å². The van der Waals surface area contributed by atoms with Crippen LogP contribution in [0.4, 0.5) is 0 Å². The van der Waals surface area contributed by atoms with Crippen LogP contribution in [-0.2, 0) is 33.2 Å². The molecule has 304 valence electrons. The lowest BCUT2D eigenvalue weighted by Gasteiger charge is -2.59. The summed E-state index contributed by atoms with van der Waals surface area (Å²) in [5, 5.41) is 48.2. The van der Waals surface area contributed by atoms with E-state index in [9.17, 15) is 20.4 Å². The van der Waals surface area contributed by atoms with Gasteiger partial charge in [-0.2, -0.15) is 0 Å². The average Bonchev–Trinajstić information content (AvgIpc) is 3.27. The maximum absolute atomic E-state index is 12.5. The van der Waals surface area contributed by atoms with Gasteiger partial charge in [0.15, 0.2) is 24.2 Å². The molecule has 0 amide bonds. The predicted octanol–water partition coefficient (Wildman–Crippen LogP) is 5.82. The summed E-state index contributed by atoms with van der Waals surface area (Å²) < 4.78 is 46.1. The van der Waals surface area contributed by atoms with Crippen molar-refractivity contribution in [3.8, 4) is 0 Å². The van der Waals surface area contributed by atoms with Gasteiger partial charge in [-0.25, -0.2) is 0 Å². The highest BCUT2D eigenvalue weighted by atomic mass is 79.9. The fourth-order valence-electron chi connectivity index (χ4n) is 12.9. The van der Waals surface area contributed by atoms with Gasteiger partial charge in [0.2, 0.25) is 0 Å². The molecule has 8 aliphatic rings. The van der Waals surface area contributed by atoms with Crippen LogP contribution in [0.1, 0.15) is 119 Å². The van der Waals surface area contributed by atoms with E-state index in [-0.39, 0.29) is 65.7 Å². The van der Waals surface area contributed by atoms with Crippen LogP contribution in [0.15, 0.2) is 0 Å². The molecule has 2 saturated carbocycles. The van der Waals surface area contributed by atoms with E-state index in [1.165, 1.54) is 0 Å². The van der Waals surface area contributed by atoms with E-state index >= 15 is 0 Å². The number of hydrogen-bond acceptors (Lipinski definition) is 11. The molecule has 2 bridgehead atoms. The second kappa shape index (κ2) is 14.4. The molecule has 18 atom stereocenters. The van der Waals surface area contributed by atoms with Crippen molar-refractivity contribution in [3.63, 3.8) is 0 Å². The van der Waals surface area contributed by atoms with Gasteiger partial charge in [0, 0.05) is 36.4 Å². The molecule has 12 heteroatoms. The Bertz CT molecular complexity index is 1230. The first-order valence-corrected chi connectivity index (χ1v) is 22.2. The third kappa shape index (κ3) is 6.84. The smallest absolute Gasteiger partial charge is 0.283 e. The maximum atomic E-state index is 12.5. The lowest BCUT2D eigenvalue weighted by molar-refractivity contribution is -0.465. The summed E-state index contributed by atoms with van der Waals surface area (Å²) in [6.07, 6.45) is 6.45. The lowest BCUT2D eigenvalue weighted by Crippen LogP contribution is -2.68. The molecule has 4 N–H and O–H groups in total. The average molecular weight is 816 g/mol. The summed E-state index contributed by atoms with van der Waals surface area (Å²) >= 11 is 3.57. The van der Waals surface area contributed by atoms with Crippen LogP contribution in [0.3, 0.4) is 0 Å². The van der Waals surface area contributed by atoms with Crippen molar-refractivity contribution in [1.82, 2.24) is 0 Å². The first kappa shape index (κ1) is 39.8. The number of alkyl halides is 1. The van der Waals surface area contributed by atoms with E-state index in [0.717, 1.165) is 37.4 Å². The molecule has 6 saturated heterocycles. The van der Waals surface area contributed by atoms with Crippen molar-refractivity contribution < 1.29 is 53.6 Å². The van der Waals surface area contributed by atoms with E-state index in [4.69, 9.17) is 33.2 Å². The van der Waals surface area contributed by atoms with Crippen molar-refractivity contribution in [2.45, 2.75) is 178 Å².